The molecule has 4 heteroatoms. The van der Waals surface area contributed by atoms with Gasteiger partial charge < -0.3 is 10.5 Å². The highest BCUT2D eigenvalue weighted by Crippen LogP contribution is 2.21. The van der Waals surface area contributed by atoms with Gasteiger partial charge in [-0.3, -0.25) is 0 Å². The van der Waals surface area contributed by atoms with Crippen LogP contribution in [-0.2, 0) is 0 Å². The number of nitrogens with zero attached hydrogens (tertiary/aromatic N) is 2. The highest BCUT2D eigenvalue weighted by atomic mass is 16.5. The van der Waals surface area contributed by atoms with Gasteiger partial charge in [0.15, 0.2) is 0 Å². The summed E-state index contributed by atoms with van der Waals surface area (Å²) in [6.07, 6.45) is 0. The van der Waals surface area contributed by atoms with Crippen LogP contribution in [0.3, 0.4) is 0 Å². The number of nitrogens with two attached hydrogens (primary N) is 1. The number of benzene rings is 1. The average Bonchev–Trinajstić information content (AvgIpc) is 2.15. The van der Waals surface area contributed by atoms with Crippen molar-refractivity contribution in [2.45, 2.75) is 13.8 Å². The number of hydrogen-bond acceptors (Lipinski definition) is 4. The summed E-state index contributed by atoms with van der Waals surface area (Å²) in [6.45, 7) is 3.74. The fourth-order valence-electron chi connectivity index (χ4n) is 1.43. The standard InChI is InChI=1S/C12H13N3O/c1-8-6-12(15-9(2)14-8)16-11-5-3-4-10(13)7-11/h3-7H,13H2,1-2H3. The van der Waals surface area contributed by atoms with Crippen molar-refractivity contribution in [2.24, 2.45) is 0 Å². The third kappa shape index (κ3) is 2.48. The van der Waals surface area contributed by atoms with E-state index in [0.717, 1.165) is 5.69 Å². The van der Waals surface area contributed by atoms with Gasteiger partial charge >= 0.3 is 0 Å². The number of nitrogen functional groups attached to an aromatic ring is 1. The van der Waals surface area contributed by atoms with Crippen LogP contribution in [0, 0.1) is 13.8 Å². The second-order valence-electron chi connectivity index (χ2n) is 3.57. The fraction of sp³-hybridized carbons (Fsp3) is 0.167. The molecule has 0 atom stereocenters. The maximum Gasteiger partial charge on any atom is 0.222 e. The molecule has 2 N–H and O–H groups in total. The molecule has 0 amide bonds. The molecule has 1 heterocycles. The Morgan fingerprint density at radius 3 is 2.62 bits per heavy atom. The molecule has 0 spiro atoms. The van der Waals surface area contributed by atoms with Crippen molar-refractivity contribution in [2.75, 3.05) is 5.73 Å². The second-order valence-corrected chi connectivity index (χ2v) is 3.57. The molecule has 82 valence electrons. The first-order valence-corrected chi connectivity index (χ1v) is 4.99. The lowest BCUT2D eigenvalue weighted by molar-refractivity contribution is 0.459. The van der Waals surface area contributed by atoms with E-state index in [-0.39, 0.29) is 0 Å². The predicted molar refractivity (Wildman–Crippen MR) is 62.4 cm³/mol. The third-order valence-corrected chi connectivity index (χ3v) is 2.02. The Morgan fingerprint density at radius 1 is 1.12 bits per heavy atom. The molecule has 0 unspecified atom stereocenters. The lowest BCUT2D eigenvalue weighted by Gasteiger charge is -2.06. The summed E-state index contributed by atoms with van der Waals surface area (Å²) in [6, 6.07) is 9.03. The second kappa shape index (κ2) is 4.18. The van der Waals surface area contributed by atoms with Crippen molar-refractivity contribution in [1.82, 2.24) is 9.97 Å². The molecule has 0 aliphatic carbocycles. The van der Waals surface area contributed by atoms with Crippen LogP contribution < -0.4 is 10.5 Å². The average molecular weight is 215 g/mol. The highest BCUT2D eigenvalue weighted by molar-refractivity contribution is 5.44. The lowest BCUT2D eigenvalue weighted by atomic mass is 10.3. The van der Waals surface area contributed by atoms with Crippen molar-refractivity contribution < 1.29 is 4.74 Å². The van der Waals surface area contributed by atoms with E-state index in [1.165, 1.54) is 0 Å². The minimum atomic E-state index is 0.538. The molecule has 0 aliphatic rings. The van der Waals surface area contributed by atoms with E-state index in [1.54, 1.807) is 12.1 Å². The van der Waals surface area contributed by atoms with Gasteiger partial charge in [-0.05, 0) is 26.0 Å². The number of rotatable bonds is 2. The Kier molecular flexibility index (Phi) is 2.72. The van der Waals surface area contributed by atoms with Gasteiger partial charge in [0.25, 0.3) is 0 Å². The van der Waals surface area contributed by atoms with Crippen LogP contribution in [0.2, 0.25) is 0 Å². The molecule has 1 aromatic carbocycles. The van der Waals surface area contributed by atoms with Crippen molar-refractivity contribution in [1.29, 1.82) is 0 Å². The normalized spacial score (nSPS) is 10.1. The summed E-state index contributed by atoms with van der Waals surface area (Å²) in [5, 5.41) is 0. The quantitative estimate of drug-likeness (QED) is 0.782. The summed E-state index contributed by atoms with van der Waals surface area (Å²) in [7, 11) is 0. The summed E-state index contributed by atoms with van der Waals surface area (Å²) >= 11 is 0. The van der Waals surface area contributed by atoms with E-state index in [9.17, 15) is 0 Å². The first kappa shape index (κ1) is 10.4. The molecule has 0 radical (unpaired) electrons. The lowest BCUT2D eigenvalue weighted by Crippen LogP contribution is -1.95. The summed E-state index contributed by atoms with van der Waals surface area (Å²) in [4.78, 5) is 8.36. The zero-order chi connectivity index (χ0) is 11.5. The van der Waals surface area contributed by atoms with E-state index >= 15 is 0 Å². The molecule has 2 aromatic rings. The van der Waals surface area contributed by atoms with Crippen LogP contribution in [0.25, 0.3) is 0 Å². The molecule has 16 heavy (non-hydrogen) atoms. The van der Waals surface area contributed by atoms with Gasteiger partial charge in [-0.25, -0.2) is 4.98 Å². The maximum atomic E-state index is 5.66. The Morgan fingerprint density at radius 2 is 1.94 bits per heavy atom. The maximum absolute atomic E-state index is 5.66. The number of hydrogen-bond donors (Lipinski definition) is 1. The zero-order valence-electron chi connectivity index (χ0n) is 9.27. The van der Waals surface area contributed by atoms with Gasteiger partial charge in [0.2, 0.25) is 5.88 Å². The minimum Gasteiger partial charge on any atom is -0.439 e. The van der Waals surface area contributed by atoms with Gasteiger partial charge in [0.1, 0.15) is 11.6 Å². The van der Waals surface area contributed by atoms with Gasteiger partial charge in [-0.2, -0.15) is 4.98 Å². The fourth-order valence-corrected chi connectivity index (χ4v) is 1.43. The van der Waals surface area contributed by atoms with Crippen LogP contribution in [0.15, 0.2) is 30.3 Å². The van der Waals surface area contributed by atoms with Gasteiger partial charge in [-0.15, -0.1) is 0 Å². The van der Waals surface area contributed by atoms with E-state index < -0.39 is 0 Å². The number of aromatic nitrogens is 2. The van der Waals surface area contributed by atoms with Crippen LogP contribution >= 0.6 is 0 Å². The molecular weight excluding hydrogens is 202 g/mol. The minimum absolute atomic E-state index is 0.538. The van der Waals surface area contributed by atoms with E-state index in [4.69, 9.17) is 10.5 Å². The molecule has 0 saturated heterocycles. The van der Waals surface area contributed by atoms with Gasteiger partial charge in [0.05, 0.1) is 0 Å². The van der Waals surface area contributed by atoms with Crippen LogP contribution in [0.4, 0.5) is 5.69 Å². The third-order valence-electron chi connectivity index (χ3n) is 2.02. The van der Waals surface area contributed by atoms with Gasteiger partial charge in [-0.1, -0.05) is 6.07 Å². The van der Waals surface area contributed by atoms with E-state index in [2.05, 4.69) is 9.97 Å². The predicted octanol–water partition coefficient (Wildman–Crippen LogP) is 2.47. The molecule has 4 nitrogen and oxygen atoms in total. The zero-order valence-corrected chi connectivity index (χ0v) is 9.27. The summed E-state index contributed by atoms with van der Waals surface area (Å²) in [5.74, 6) is 1.91. The molecule has 0 bridgehead atoms. The van der Waals surface area contributed by atoms with Gasteiger partial charge in [0, 0.05) is 23.5 Å². The summed E-state index contributed by atoms with van der Waals surface area (Å²) in [5.41, 5.74) is 7.21. The molecule has 0 saturated carbocycles. The number of anilines is 1. The number of ether oxygens (including phenoxy) is 1. The molecule has 2 rings (SSSR count). The summed E-state index contributed by atoms with van der Waals surface area (Å²) < 4.78 is 5.59. The Balaban J connectivity index is 2.27. The molecule has 0 fully saturated rings. The SMILES string of the molecule is Cc1cc(Oc2cccc(N)c2)nc(C)n1. The Bertz CT molecular complexity index is 491. The Labute approximate surface area is 94.1 Å². The van der Waals surface area contributed by atoms with Crippen LogP contribution in [0.5, 0.6) is 11.6 Å². The first-order valence-electron chi connectivity index (χ1n) is 4.99. The van der Waals surface area contributed by atoms with Crippen molar-refractivity contribution in [3.05, 3.63) is 41.9 Å². The first-order chi connectivity index (χ1) is 7.63. The van der Waals surface area contributed by atoms with E-state index in [1.807, 2.05) is 32.0 Å². The molecule has 1 aromatic heterocycles. The topological polar surface area (TPSA) is 61.0 Å². The van der Waals surface area contributed by atoms with Crippen molar-refractivity contribution >= 4 is 5.69 Å². The largest absolute Gasteiger partial charge is 0.439 e. The molecular formula is C12H13N3O. The van der Waals surface area contributed by atoms with Crippen molar-refractivity contribution in [3.63, 3.8) is 0 Å². The molecule has 0 aliphatic heterocycles. The van der Waals surface area contributed by atoms with Crippen molar-refractivity contribution in [3.8, 4) is 11.6 Å². The smallest absolute Gasteiger partial charge is 0.222 e. The van der Waals surface area contributed by atoms with Crippen LogP contribution in [-0.4, -0.2) is 9.97 Å². The Hall–Kier alpha value is -2.10. The van der Waals surface area contributed by atoms with Crippen LogP contribution in [0.1, 0.15) is 11.5 Å². The number of aryl methyl sites for hydroxylation is 2. The highest BCUT2D eigenvalue weighted by Gasteiger charge is 2.01. The van der Waals surface area contributed by atoms with E-state index in [0.29, 0.717) is 23.1 Å². The monoisotopic (exact) mass is 215 g/mol.